The van der Waals surface area contributed by atoms with Crippen LogP contribution in [0.25, 0.3) is 0 Å². The molecule has 2 nitrogen and oxygen atoms in total. The molecule has 2 aromatic rings. The van der Waals surface area contributed by atoms with Crippen molar-refractivity contribution in [2.45, 2.75) is 19.4 Å². The summed E-state index contributed by atoms with van der Waals surface area (Å²) in [5, 5.41) is 0.998. The van der Waals surface area contributed by atoms with E-state index in [2.05, 4.69) is 4.98 Å². The van der Waals surface area contributed by atoms with Crippen molar-refractivity contribution in [1.29, 1.82) is 0 Å². The predicted molar refractivity (Wildman–Crippen MR) is 79.3 cm³/mol. The van der Waals surface area contributed by atoms with E-state index < -0.39 is 0 Å². The van der Waals surface area contributed by atoms with Gasteiger partial charge < -0.3 is 4.74 Å². The zero-order valence-electron chi connectivity index (χ0n) is 10.3. The Bertz CT molecular complexity index is 587. The van der Waals surface area contributed by atoms with Gasteiger partial charge in [0.1, 0.15) is 12.4 Å². The molecule has 1 aromatic carbocycles. The number of aryl methyl sites for hydroxylation is 1. The Kier molecular flexibility index (Phi) is 4.92. The molecule has 0 radical (unpaired) electrons. The highest BCUT2D eigenvalue weighted by molar-refractivity contribution is 6.35. The standard InChI is InChI=1S/C14H12Cl3NO/c1-9-3-2-4-12(18-9)8-19-14-10(7-15)5-11(16)6-13(14)17/h2-6H,7-8H2,1H3. The summed E-state index contributed by atoms with van der Waals surface area (Å²) in [6, 6.07) is 9.16. The van der Waals surface area contributed by atoms with Crippen molar-refractivity contribution in [2.75, 3.05) is 0 Å². The molecule has 0 spiro atoms. The molecule has 0 aliphatic heterocycles. The second kappa shape index (κ2) is 6.47. The summed E-state index contributed by atoms with van der Waals surface area (Å²) in [5.41, 5.74) is 2.55. The number of aromatic nitrogens is 1. The zero-order valence-corrected chi connectivity index (χ0v) is 12.6. The van der Waals surface area contributed by atoms with Gasteiger partial charge in [0.25, 0.3) is 0 Å². The van der Waals surface area contributed by atoms with Crippen LogP contribution in [0.2, 0.25) is 10.0 Å². The molecule has 100 valence electrons. The Labute approximate surface area is 127 Å². The fourth-order valence-electron chi connectivity index (χ4n) is 1.70. The smallest absolute Gasteiger partial charge is 0.142 e. The number of benzene rings is 1. The Balaban J connectivity index is 2.19. The molecule has 2 rings (SSSR count). The first-order chi connectivity index (χ1) is 9.10. The first-order valence-corrected chi connectivity index (χ1v) is 6.98. The molecule has 0 atom stereocenters. The monoisotopic (exact) mass is 315 g/mol. The fraction of sp³-hybridized carbons (Fsp3) is 0.214. The van der Waals surface area contributed by atoms with Gasteiger partial charge in [-0.05, 0) is 31.2 Å². The predicted octanol–water partition coefficient (Wildman–Crippen LogP) is 5.01. The second-order valence-corrected chi connectivity index (χ2v) is 5.18. The van der Waals surface area contributed by atoms with Crippen LogP contribution >= 0.6 is 34.8 Å². The molecule has 1 heterocycles. The normalized spacial score (nSPS) is 10.5. The van der Waals surface area contributed by atoms with Gasteiger partial charge in [0, 0.05) is 16.3 Å². The average molecular weight is 317 g/mol. The van der Waals surface area contributed by atoms with Gasteiger partial charge in [0.15, 0.2) is 0 Å². The zero-order chi connectivity index (χ0) is 13.8. The van der Waals surface area contributed by atoms with E-state index in [1.165, 1.54) is 0 Å². The first kappa shape index (κ1) is 14.4. The molecule has 5 heteroatoms. The molecular formula is C14H12Cl3NO. The molecule has 0 N–H and O–H groups in total. The maximum Gasteiger partial charge on any atom is 0.142 e. The van der Waals surface area contributed by atoms with Gasteiger partial charge in [0.2, 0.25) is 0 Å². The van der Waals surface area contributed by atoms with E-state index in [-0.39, 0.29) is 5.88 Å². The van der Waals surface area contributed by atoms with E-state index in [4.69, 9.17) is 39.5 Å². The van der Waals surface area contributed by atoms with Crippen LogP contribution in [0.5, 0.6) is 5.75 Å². The summed E-state index contributed by atoms with van der Waals surface area (Å²) in [7, 11) is 0. The van der Waals surface area contributed by atoms with Gasteiger partial charge >= 0.3 is 0 Å². The van der Waals surface area contributed by atoms with E-state index >= 15 is 0 Å². The maximum absolute atomic E-state index is 6.12. The molecular weight excluding hydrogens is 305 g/mol. The Hall–Kier alpha value is -0.960. The quantitative estimate of drug-likeness (QED) is 0.739. The summed E-state index contributed by atoms with van der Waals surface area (Å²) in [6.45, 7) is 2.27. The van der Waals surface area contributed by atoms with Crippen molar-refractivity contribution in [3.8, 4) is 5.75 Å². The highest BCUT2D eigenvalue weighted by atomic mass is 35.5. The molecule has 0 aliphatic rings. The summed E-state index contributed by atoms with van der Waals surface area (Å²) < 4.78 is 5.72. The number of nitrogens with zero attached hydrogens (tertiary/aromatic N) is 1. The number of alkyl halides is 1. The molecule has 0 fully saturated rings. The van der Waals surface area contributed by atoms with Crippen LogP contribution in [-0.4, -0.2) is 4.98 Å². The lowest BCUT2D eigenvalue weighted by Gasteiger charge is -2.12. The third-order valence-corrected chi connectivity index (χ3v) is 3.33. The summed E-state index contributed by atoms with van der Waals surface area (Å²) >= 11 is 17.9. The van der Waals surface area contributed by atoms with Gasteiger partial charge in [-0.3, -0.25) is 4.98 Å². The Morgan fingerprint density at radius 1 is 1.21 bits per heavy atom. The highest BCUT2D eigenvalue weighted by Crippen LogP contribution is 2.33. The van der Waals surface area contributed by atoms with Gasteiger partial charge in [-0.1, -0.05) is 29.3 Å². The molecule has 0 unspecified atom stereocenters. The number of halogens is 3. The van der Waals surface area contributed by atoms with Crippen molar-refractivity contribution in [3.63, 3.8) is 0 Å². The molecule has 0 bridgehead atoms. The van der Waals surface area contributed by atoms with Crippen molar-refractivity contribution in [3.05, 3.63) is 57.3 Å². The summed E-state index contributed by atoms with van der Waals surface area (Å²) in [4.78, 5) is 4.36. The molecule has 0 saturated carbocycles. The molecule has 0 amide bonds. The first-order valence-electron chi connectivity index (χ1n) is 5.69. The lowest BCUT2D eigenvalue weighted by molar-refractivity contribution is 0.299. The third-order valence-electron chi connectivity index (χ3n) is 2.54. The lowest BCUT2D eigenvalue weighted by atomic mass is 10.2. The highest BCUT2D eigenvalue weighted by Gasteiger charge is 2.10. The van der Waals surface area contributed by atoms with Gasteiger partial charge in [0.05, 0.1) is 16.6 Å². The van der Waals surface area contributed by atoms with Crippen LogP contribution in [-0.2, 0) is 12.5 Å². The Morgan fingerprint density at radius 2 is 2.00 bits per heavy atom. The van der Waals surface area contributed by atoms with E-state index in [0.29, 0.717) is 22.4 Å². The molecule has 1 aromatic heterocycles. The number of hydrogen-bond donors (Lipinski definition) is 0. The number of pyridine rings is 1. The molecule has 19 heavy (non-hydrogen) atoms. The van der Waals surface area contributed by atoms with E-state index in [1.807, 2.05) is 25.1 Å². The summed E-state index contributed by atoms with van der Waals surface area (Å²) in [6.07, 6.45) is 0. The lowest BCUT2D eigenvalue weighted by Crippen LogP contribution is -2.01. The topological polar surface area (TPSA) is 22.1 Å². The number of ether oxygens (including phenoxy) is 1. The van der Waals surface area contributed by atoms with Gasteiger partial charge in [-0.15, -0.1) is 11.6 Å². The van der Waals surface area contributed by atoms with Gasteiger partial charge in [-0.25, -0.2) is 0 Å². The van der Waals surface area contributed by atoms with Crippen LogP contribution < -0.4 is 4.74 Å². The van der Waals surface area contributed by atoms with Crippen molar-refractivity contribution in [1.82, 2.24) is 4.98 Å². The minimum Gasteiger partial charge on any atom is -0.485 e. The minimum atomic E-state index is 0.289. The van der Waals surface area contributed by atoms with Crippen LogP contribution in [0.1, 0.15) is 17.0 Å². The molecule has 0 saturated heterocycles. The maximum atomic E-state index is 6.12. The largest absolute Gasteiger partial charge is 0.485 e. The second-order valence-electron chi connectivity index (χ2n) is 4.07. The van der Waals surface area contributed by atoms with Crippen LogP contribution in [0.15, 0.2) is 30.3 Å². The van der Waals surface area contributed by atoms with E-state index in [9.17, 15) is 0 Å². The minimum absolute atomic E-state index is 0.289. The fourth-order valence-corrected chi connectivity index (χ4v) is 2.49. The van der Waals surface area contributed by atoms with Crippen LogP contribution in [0.4, 0.5) is 0 Å². The number of rotatable bonds is 4. The van der Waals surface area contributed by atoms with Crippen molar-refractivity contribution >= 4 is 34.8 Å². The number of hydrogen-bond acceptors (Lipinski definition) is 2. The van der Waals surface area contributed by atoms with Crippen molar-refractivity contribution < 1.29 is 4.74 Å². The van der Waals surface area contributed by atoms with E-state index in [0.717, 1.165) is 17.0 Å². The average Bonchev–Trinajstić information content (AvgIpc) is 2.37. The van der Waals surface area contributed by atoms with E-state index in [1.54, 1.807) is 12.1 Å². The Morgan fingerprint density at radius 3 is 2.68 bits per heavy atom. The van der Waals surface area contributed by atoms with Crippen molar-refractivity contribution in [2.24, 2.45) is 0 Å². The SMILES string of the molecule is Cc1cccc(COc2c(Cl)cc(Cl)cc2CCl)n1. The molecule has 0 aliphatic carbocycles. The van der Waals surface area contributed by atoms with Crippen LogP contribution in [0, 0.1) is 6.92 Å². The van der Waals surface area contributed by atoms with Gasteiger partial charge in [-0.2, -0.15) is 0 Å². The summed E-state index contributed by atoms with van der Waals surface area (Å²) in [5.74, 6) is 0.848. The third kappa shape index (κ3) is 3.75. The van der Waals surface area contributed by atoms with Crippen LogP contribution in [0.3, 0.4) is 0 Å².